The summed E-state index contributed by atoms with van der Waals surface area (Å²) >= 11 is 5.31. The summed E-state index contributed by atoms with van der Waals surface area (Å²) in [6, 6.07) is -0.450. The molecule has 7 nitrogen and oxygen atoms in total. The highest BCUT2D eigenvalue weighted by atomic mass is 35.5. The number of fused-ring (bicyclic) bond motifs is 5. The van der Waals surface area contributed by atoms with Crippen molar-refractivity contribution in [3.8, 4) is 0 Å². The molecule has 0 bridgehead atoms. The lowest BCUT2D eigenvalue weighted by Gasteiger charge is -2.60. The summed E-state index contributed by atoms with van der Waals surface area (Å²) in [6.45, 7) is 4.92. The molecule has 0 aromatic carbocycles. The SMILES string of the molecule is CC(OC(=O)O[C@@H]1CC[C@H]2[C@@H]3C[C@H](F)C4=CC(=O)C=C[C@]4(C)[C@@]3(F)CC[C@]12C)C(O)C(=O)OCCl. The van der Waals surface area contributed by atoms with Crippen LogP contribution in [0.3, 0.4) is 0 Å². The van der Waals surface area contributed by atoms with E-state index in [-0.39, 0.29) is 30.1 Å². The van der Waals surface area contributed by atoms with Crippen molar-refractivity contribution in [2.24, 2.45) is 22.7 Å². The van der Waals surface area contributed by atoms with Gasteiger partial charge in [-0.15, -0.1) is 0 Å². The molecule has 0 spiro atoms. The Morgan fingerprint density at radius 2 is 1.97 bits per heavy atom. The molecule has 10 heteroatoms. The molecule has 4 aliphatic carbocycles. The van der Waals surface area contributed by atoms with Gasteiger partial charge in [0.25, 0.3) is 0 Å². The number of carbonyl (C=O) groups excluding carboxylic acids is 3. The fourth-order valence-electron chi connectivity index (χ4n) is 6.91. The topological polar surface area (TPSA) is 99.1 Å². The van der Waals surface area contributed by atoms with Crippen LogP contribution in [0.2, 0.25) is 0 Å². The van der Waals surface area contributed by atoms with Crippen LogP contribution in [0, 0.1) is 22.7 Å². The lowest BCUT2D eigenvalue weighted by Crippen LogP contribution is -2.62. The summed E-state index contributed by atoms with van der Waals surface area (Å²) in [5.41, 5.74) is -3.31. The molecule has 0 aromatic heterocycles. The highest BCUT2D eigenvalue weighted by molar-refractivity contribution is 6.17. The third kappa shape index (κ3) is 4.08. The van der Waals surface area contributed by atoms with Crippen LogP contribution in [0.5, 0.6) is 0 Å². The molecule has 0 aliphatic heterocycles. The summed E-state index contributed by atoms with van der Waals surface area (Å²) in [4.78, 5) is 35.9. The van der Waals surface area contributed by atoms with E-state index in [2.05, 4.69) is 4.74 Å². The van der Waals surface area contributed by atoms with Gasteiger partial charge < -0.3 is 19.3 Å². The van der Waals surface area contributed by atoms with Gasteiger partial charge in [0.1, 0.15) is 24.0 Å². The summed E-state index contributed by atoms with van der Waals surface area (Å²) < 4.78 is 47.3. The number of alkyl halides is 3. The predicted molar refractivity (Wildman–Crippen MR) is 121 cm³/mol. The number of halogens is 3. The van der Waals surface area contributed by atoms with E-state index < -0.39 is 65.1 Å². The molecule has 0 amide bonds. The van der Waals surface area contributed by atoms with Crippen molar-refractivity contribution in [2.45, 2.75) is 83.0 Å². The van der Waals surface area contributed by atoms with Crippen LogP contribution in [-0.4, -0.2) is 59.2 Å². The van der Waals surface area contributed by atoms with Gasteiger partial charge in [-0.05, 0) is 69.6 Å². The summed E-state index contributed by atoms with van der Waals surface area (Å²) in [5, 5.41) is 9.91. The van der Waals surface area contributed by atoms with Gasteiger partial charge >= 0.3 is 12.1 Å². The zero-order valence-corrected chi connectivity index (χ0v) is 20.7. The third-order valence-corrected chi connectivity index (χ3v) is 9.08. The first-order chi connectivity index (χ1) is 16.4. The lowest BCUT2D eigenvalue weighted by molar-refractivity contribution is -0.160. The number of hydrogen-bond acceptors (Lipinski definition) is 7. The zero-order valence-electron chi connectivity index (χ0n) is 20.0. The monoisotopic (exact) mass is 516 g/mol. The second kappa shape index (κ2) is 9.14. The number of aliphatic hydroxyl groups is 1. The molecule has 2 unspecified atom stereocenters. The fourth-order valence-corrected chi connectivity index (χ4v) is 7.02. The molecule has 0 aromatic rings. The van der Waals surface area contributed by atoms with Gasteiger partial charge in [0, 0.05) is 16.7 Å². The van der Waals surface area contributed by atoms with Gasteiger partial charge in [-0.1, -0.05) is 24.6 Å². The molecule has 4 rings (SSSR count). The van der Waals surface area contributed by atoms with Crippen LogP contribution in [0.15, 0.2) is 23.8 Å². The predicted octanol–water partition coefficient (Wildman–Crippen LogP) is 4.35. The first-order valence-electron chi connectivity index (χ1n) is 11.9. The third-order valence-electron chi connectivity index (χ3n) is 8.97. The first kappa shape index (κ1) is 26.1. The largest absolute Gasteiger partial charge is 0.508 e. The van der Waals surface area contributed by atoms with Crippen molar-refractivity contribution in [3.05, 3.63) is 23.8 Å². The van der Waals surface area contributed by atoms with Crippen LogP contribution in [0.1, 0.15) is 52.9 Å². The van der Waals surface area contributed by atoms with Gasteiger partial charge in [-0.2, -0.15) is 0 Å². The van der Waals surface area contributed by atoms with E-state index in [1.165, 1.54) is 25.2 Å². The number of rotatable bonds is 5. The van der Waals surface area contributed by atoms with Crippen molar-refractivity contribution in [1.29, 1.82) is 0 Å². The fraction of sp³-hybridized carbons (Fsp3) is 0.720. The van der Waals surface area contributed by atoms with Crippen molar-refractivity contribution in [3.63, 3.8) is 0 Å². The molecule has 0 radical (unpaired) electrons. The van der Waals surface area contributed by atoms with Crippen molar-refractivity contribution in [1.82, 2.24) is 0 Å². The molecule has 4 aliphatic rings. The van der Waals surface area contributed by atoms with E-state index in [1.54, 1.807) is 6.92 Å². The van der Waals surface area contributed by atoms with Crippen LogP contribution < -0.4 is 0 Å². The van der Waals surface area contributed by atoms with E-state index in [0.29, 0.717) is 19.3 Å². The van der Waals surface area contributed by atoms with Gasteiger partial charge in [0.05, 0.1) is 0 Å². The summed E-state index contributed by atoms with van der Waals surface area (Å²) in [7, 11) is 0. The molecular formula is C25H31ClF2O7. The highest BCUT2D eigenvalue weighted by Gasteiger charge is 2.69. The van der Waals surface area contributed by atoms with E-state index >= 15 is 8.78 Å². The minimum absolute atomic E-state index is 0.0254. The van der Waals surface area contributed by atoms with Crippen LogP contribution >= 0.6 is 11.6 Å². The summed E-state index contributed by atoms with van der Waals surface area (Å²) in [5.74, 6) is -2.19. The standard InChI is InChI=1S/C25H31ClF2O7/c1-13(20(30)21(31)33-12-26)34-22(32)35-19-5-4-15-16-11-18(27)17-10-14(29)6-7-24(17,3)25(16,28)9-8-23(15,19)2/h6-7,10,13,15-16,18-20,30H,4-5,8-9,11-12H2,1-3H3/t13?,15-,16-,18-,19+,20?,23-,24-,25+/m0/s1. The van der Waals surface area contributed by atoms with Gasteiger partial charge in [-0.25, -0.2) is 18.4 Å². The second-order valence-electron chi connectivity index (χ2n) is 10.6. The van der Waals surface area contributed by atoms with E-state index in [0.717, 1.165) is 0 Å². The number of allylic oxidation sites excluding steroid dienone is 4. The van der Waals surface area contributed by atoms with Crippen LogP contribution in [-0.2, 0) is 23.8 Å². The minimum Gasteiger partial charge on any atom is -0.447 e. The minimum atomic E-state index is -1.72. The Labute approximate surface area is 207 Å². The Balaban J connectivity index is 1.49. The average Bonchev–Trinajstić information content (AvgIpc) is 3.12. The van der Waals surface area contributed by atoms with E-state index in [9.17, 15) is 19.5 Å². The van der Waals surface area contributed by atoms with Gasteiger partial charge in [0.15, 0.2) is 18.0 Å². The Kier molecular flexibility index (Phi) is 6.81. The highest BCUT2D eigenvalue weighted by Crippen LogP contribution is 2.68. The van der Waals surface area contributed by atoms with E-state index in [1.807, 2.05) is 6.92 Å². The van der Waals surface area contributed by atoms with Crippen molar-refractivity contribution in [2.75, 3.05) is 6.07 Å². The zero-order chi connectivity index (χ0) is 25.8. The van der Waals surface area contributed by atoms with Crippen LogP contribution in [0.4, 0.5) is 13.6 Å². The second-order valence-corrected chi connectivity index (χ2v) is 10.8. The number of carbonyl (C=O) groups is 3. The maximum absolute atomic E-state index is 16.9. The molecule has 1 N–H and O–H groups in total. The number of aliphatic hydroxyl groups excluding tert-OH is 1. The van der Waals surface area contributed by atoms with Crippen LogP contribution in [0.25, 0.3) is 0 Å². The van der Waals surface area contributed by atoms with Gasteiger partial charge in [0.2, 0.25) is 0 Å². The Morgan fingerprint density at radius 1 is 1.26 bits per heavy atom. The Morgan fingerprint density at radius 3 is 2.66 bits per heavy atom. The average molecular weight is 517 g/mol. The molecule has 35 heavy (non-hydrogen) atoms. The Hall–Kier alpha value is -2.00. The smallest absolute Gasteiger partial charge is 0.447 e. The molecule has 194 valence electrons. The number of hydrogen-bond donors (Lipinski definition) is 1. The normalized spacial score (nSPS) is 41.6. The molecular weight excluding hydrogens is 486 g/mol. The van der Waals surface area contributed by atoms with Gasteiger partial charge in [-0.3, -0.25) is 4.79 Å². The number of esters is 1. The number of ketones is 1. The van der Waals surface area contributed by atoms with Crippen molar-refractivity contribution >= 4 is 29.5 Å². The number of ether oxygens (including phenoxy) is 3. The molecule has 3 fully saturated rings. The maximum Gasteiger partial charge on any atom is 0.508 e. The maximum atomic E-state index is 16.9. The Bertz CT molecular complexity index is 969. The van der Waals surface area contributed by atoms with E-state index in [4.69, 9.17) is 21.1 Å². The van der Waals surface area contributed by atoms with Crippen molar-refractivity contribution < 1.29 is 42.5 Å². The molecule has 3 saturated carbocycles. The summed E-state index contributed by atoms with van der Waals surface area (Å²) in [6.07, 6.45) is -0.416. The molecule has 0 saturated heterocycles. The quantitative estimate of drug-likeness (QED) is 0.428. The molecule has 9 atom stereocenters. The molecule has 0 heterocycles. The lowest BCUT2D eigenvalue weighted by atomic mass is 9.46. The first-order valence-corrected chi connectivity index (χ1v) is 12.5.